The van der Waals surface area contributed by atoms with Gasteiger partial charge < -0.3 is 9.30 Å². The zero-order valence-electron chi connectivity index (χ0n) is 19.9. The van der Waals surface area contributed by atoms with E-state index in [4.69, 9.17) is 9.94 Å². The Bertz CT molecular complexity index is 1300. The number of hydrogen-bond donors (Lipinski definition) is 2. The van der Waals surface area contributed by atoms with Crippen LogP contribution in [-0.4, -0.2) is 59.1 Å². The summed E-state index contributed by atoms with van der Waals surface area (Å²) in [5, 5.41) is 17.5. The summed E-state index contributed by atoms with van der Waals surface area (Å²) >= 11 is 0. The molecule has 4 rings (SSSR count). The Hall–Kier alpha value is -3.15. The summed E-state index contributed by atoms with van der Waals surface area (Å²) in [4.78, 5) is 24.7. The number of aromatic nitrogens is 4. The smallest absolute Gasteiger partial charge is 0.261 e. The monoisotopic (exact) mass is 499 g/mol. The molecule has 1 aliphatic rings. The Morgan fingerprint density at radius 3 is 2.49 bits per heavy atom. The van der Waals surface area contributed by atoms with E-state index in [0.29, 0.717) is 0 Å². The first kappa shape index (κ1) is 25.0. The van der Waals surface area contributed by atoms with Gasteiger partial charge in [-0.1, -0.05) is 36.4 Å². The molecule has 2 N–H and O–H groups in total. The Morgan fingerprint density at radius 1 is 1.23 bits per heavy atom. The second kappa shape index (κ2) is 9.84. The van der Waals surface area contributed by atoms with Gasteiger partial charge in [-0.15, -0.1) is 5.10 Å². The highest BCUT2D eigenvalue weighted by Gasteiger charge is 2.37. The predicted octanol–water partition coefficient (Wildman–Crippen LogP) is 1.84. The summed E-state index contributed by atoms with van der Waals surface area (Å²) in [6.07, 6.45) is 5.10. The van der Waals surface area contributed by atoms with Gasteiger partial charge in [0.1, 0.15) is 10.4 Å². The van der Waals surface area contributed by atoms with Crippen LogP contribution in [0.2, 0.25) is 0 Å². The summed E-state index contributed by atoms with van der Waals surface area (Å²) in [6.45, 7) is 6.05. The standard InChI is InChI=1S/C24H29N5O5S/c1-23(15-34-16-23)14-29-13-20(25-27-29)18-6-4-17(5-7-18)19-8-10-28(21(30)12-19)11-9-24(2,35(3)33)22(31)26-32/h4-8,10,12-13,32H,9,11,14-16H2,1-3H3,(H,26,31). The number of hydroxylamine groups is 1. The molecule has 10 nitrogen and oxygen atoms in total. The number of amides is 1. The summed E-state index contributed by atoms with van der Waals surface area (Å²) in [6, 6.07) is 11.1. The molecule has 2 unspecified atom stereocenters. The lowest BCUT2D eigenvalue weighted by Gasteiger charge is -2.37. The van der Waals surface area contributed by atoms with Crippen LogP contribution in [0.1, 0.15) is 20.3 Å². The Morgan fingerprint density at radius 2 is 1.91 bits per heavy atom. The van der Waals surface area contributed by atoms with E-state index in [0.717, 1.165) is 42.1 Å². The van der Waals surface area contributed by atoms with Crippen molar-refractivity contribution in [1.82, 2.24) is 25.0 Å². The number of nitrogens with one attached hydrogen (secondary N) is 1. The number of carbonyl (C=O) groups excluding carboxylic acids is 1. The largest absolute Gasteiger partial charge is 0.380 e. The van der Waals surface area contributed by atoms with Crippen LogP contribution in [0.25, 0.3) is 22.4 Å². The number of carbonyl (C=O) groups is 1. The summed E-state index contributed by atoms with van der Waals surface area (Å²) in [5.74, 6) is -0.741. The van der Waals surface area contributed by atoms with Gasteiger partial charge in [0.25, 0.3) is 11.5 Å². The second-order valence-corrected chi connectivity index (χ2v) is 11.3. The van der Waals surface area contributed by atoms with Crippen LogP contribution < -0.4 is 11.0 Å². The summed E-state index contributed by atoms with van der Waals surface area (Å²) in [7, 11) is -1.54. The predicted molar refractivity (Wildman–Crippen MR) is 131 cm³/mol. The van der Waals surface area contributed by atoms with E-state index in [-0.39, 0.29) is 23.9 Å². The van der Waals surface area contributed by atoms with E-state index in [9.17, 15) is 13.8 Å². The van der Waals surface area contributed by atoms with Crippen molar-refractivity contribution in [1.29, 1.82) is 0 Å². The van der Waals surface area contributed by atoms with Crippen LogP contribution in [0.3, 0.4) is 0 Å². The average molecular weight is 500 g/mol. The SMILES string of the molecule is CS(=O)C(C)(CCn1ccc(-c2ccc(-c3cn(CC4(C)COC4)nn3)cc2)cc1=O)C(=O)NO. The van der Waals surface area contributed by atoms with Gasteiger partial charge in [-0.2, -0.15) is 0 Å². The summed E-state index contributed by atoms with van der Waals surface area (Å²) < 4.78 is 19.3. The highest BCUT2D eigenvalue weighted by Crippen LogP contribution is 2.29. The van der Waals surface area contributed by atoms with Crippen LogP contribution in [0.15, 0.2) is 53.6 Å². The maximum Gasteiger partial charge on any atom is 0.261 e. The second-order valence-electron chi connectivity index (χ2n) is 9.51. The van der Waals surface area contributed by atoms with Crippen molar-refractivity contribution in [2.45, 2.75) is 38.1 Å². The van der Waals surface area contributed by atoms with Crippen molar-refractivity contribution < 1.29 is 18.9 Å². The molecule has 0 radical (unpaired) electrons. The fourth-order valence-electron chi connectivity index (χ4n) is 3.99. The van der Waals surface area contributed by atoms with Crippen molar-refractivity contribution in [3.8, 4) is 22.4 Å². The zero-order valence-corrected chi connectivity index (χ0v) is 20.7. The van der Waals surface area contributed by atoms with Crippen molar-refractivity contribution in [2.75, 3.05) is 19.5 Å². The van der Waals surface area contributed by atoms with E-state index in [1.54, 1.807) is 11.7 Å². The lowest BCUT2D eigenvalue weighted by molar-refractivity contribution is -0.131. The third kappa shape index (κ3) is 5.26. The van der Waals surface area contributed by atoms with E-state index in [1.165, 1.54) is 23.8 Å². The number of benzene rings is 1. The fourth-order valence-corrected chi connectivity index (χ4v) is 4.67. The first-order valence-corrected chi connectivity index (χ1v) is 12.8. The molecular weight excluding hydrogens is 470 g/mol. The molecule has 1 aromatic carbocycles. The average Bonchev–Trinajstić information content (AvgIpc) is 3.29. The normalized spacial score (nSPS) is 17.3. The molecular formula is C24H29N5O5S. The van der Waals surface area contributed by atoms with Gasteiger partial charge in [0.05, 0.1) is 26.0 Å². The minimum absolute atomic E-state index is 0.104. The molecule has 3 aromatic rings. The number of aryl methyl sites for hydroxylation is 1. The Kier molecular flexibility index (Phi) is 7.02. The van der Waals surface area contributed by atoms with E-state index >= 15 is 0 Å². The van der Waals surface area contributed by atoms with Crippen molar-refractivity contribution >= 4 is 16.7 Å². The first-order chi connectivity index (χ1) is 16.6. The molecule has 11 heteroatoms. The Balaban J connectivity index is 1.45. The van der Waals surface area contributed by atoms with Gasteiger partial charge in [-0.05, 0) is 30.5 Å². The molecule has 1 amide bonds. The van der Waals surface area contributed by atoms with Crippen molar-refractivity contribution in [3.63, 3.8) is 0 Å². The molecule has 0 bridgehead atoms. The molecule has 35 heavy (non-hydrogen) atoms. The number of nitrogens with zero attached hydrogens (tertiary/aromatic N) is 4. The fraction of sp³-hybridized carbons (Fsp3) is 0.417. The molecule has 3 heterocycles. The minimum Gasteiger partial charge on any atom is -0.380 e. The van der Waals surface area contributed by atoms with Gasteiger partial charge in [0, 0.05) is 46.8 Å². The van der Waals surface area contributed by atoms with E-state index in [1.807, 2.05) is 41.2 Å². The quantitative estimate of drug-likeness (QED) is 0.340. The molecule has 1 fully saturated rings. The first-order valence-electron chi connectivity index (χ1n) is 11.2. The molecule has 2 aromatic heterocycles. The topological polar surface area (TPSA) is 128 Å². The number of rotatable bonds is 9. The highest BCUT2D eigenvalue weighted by atomic mass is 32.2. The number of hydrogen-bond acceptors (Lipinski definition) is 7. The molecule has 0 aliphatic carbocycles. The number of pyridine rings is 1. The maximum absolute atomic E-state index is 12.7. The molecule has 1 aliphatic heterocycles. The van der Waals surface area contributed by atoms with Crippen LogP contribution in [-0.2, 0) is 33.4 Å². The third-order valence-electron chi connectivity index (χ3n) is 6.54. The Labute approximate surface area is 205 Å². The van der Waals surface area contributed by atoms with Crippen LogP contribution in [0.5, 0.6) is 0 Å². The van der Waals surface area contributed by atoms with Crippen molar-refractivity contribution in [3.05, 3.63) is 59.1 Å². The highest BCUT2D eigenvalue weighted by molar-refractivity contribution is 7.86. The lowest BCUT2D eigenvalue weighted by atomic mass is 9.89. The molecule has 1 saturated heterocycles. The van der Waals surface area contributed by atoms with Gasteiger partial charge in [0.2, 0.25) is 0 Å². The molecule has 186 valence electrons. The van der Waals surface area contributed by atoms with Crippen LogP contribution in [0.4, 0.5) is 0 Å². The maximum atomic E-state index is 12.7. The van der Waals surface area contributed by atoms with Gasteiger partial charge in [0.15, 0.2) is 0 Å². The lowest BCUT2D eigenvalue weighted by Crippen LogP contribution is -2.47. The zero-order chi connectivity index (χ0) is 25.2. The molecule has 0 saturated carbocycles. The van der Waals surface area contributed by atoms with E-state index < -0.39 is 21.5 Å². The van der Waals surface area contributed by atoms with Gasteiger partial charge >= 0.3 is 0 Å². The van der Waals surface area contributed by atoms with Crippen LogP contribution in [0, 0.1) is 5.41 Å². The van der Waals surface area contributed by atoms with Crippen LogP contribution >= 0.6 is 0 Å². The third-order valence-corrected chi connectivity index (χ3v) is 8.20. The molecule has 0 spiro atoms. The minimum atomic E-state index is -1.54. The number of ether oxygens (including phenoxy) is 1. The van der Waals surface area contributed by atoms with Crippen molar-refractivity contribution in [2.24, 2.45) is 5.41 Å². The summed E-state index contributed by atoms with van der Waals surface area (Å²) in [5.41, 5.74) is 4.77. The van der Waals surface area contributed by atoms with Gasteiger partial charge in [-0.25, -0.2) is 5.48 Å². The van der Waals surface area contributed by atoms with Gasteiger partial charge in [-0.3, -0.25) is 23.7 Å². The molecule has 2 atom stereocenters. The van der Waals surface area contributed by atoms with E-state index in [2.05, 4.69) is 17.2 Å².